The maximum atomic E-state index is 12.3. The summed E-state index contributed by atoms with van der Waals surface area (Å²) in [6.45, 7) is 0. The lowest BCUT2D eigenvalue weighted by Crippen LogP contribution is -2.27. The van der Waals surface area contributed by atoms with Crippen molar-refractivity contribution in [3.05, 3.63) is 65.4 Å². The van der Waals surface area contributed by atoms with E-state index in [4.69, 9.17) is 4.74 Å². The minimum absolute atomic E-state index is 0.105. The number of benzene rings is 2. The van der Waals surface area contributed by atoms with Crippen LogP contribution in [0.1, 0.15) is 81.3 Å². The summed E-state index contributed by atoms with van der Waals surface area (Å²) < 4.78 is 6.17. The second-order valence-electron chi connectivity index (χ2n) is 9.29. The summed E-state index contributed by atoms with van der Waals surface area (Å²) in [5.41, 5.74) is 1.85. The molecule has 174 valence electrons. The van der Waals surface area contributed by atoms with Crippen molar-refractivity contribution < 1.29 is 19.4 Å². The van der Waals surface area contributed by atoms with E-state index >= 15 is 0 Å². The van der Waals surface area contributed by atoms with E-state index in [0.29, 0.717) is 29.6 Å². The van der Waals surface area contributed by atoms with Crippen LogP contribution >= 0.6 is 0 Å². The zero-order valence-electron chi connectivity index (χ0n) is 19.1. The Balaban J connectivity index is 1.39. The quantitative estimate of drug-likeness (QED) is 0.422. The number of nitrogens with one attached hydrogen (secondary N) is 1. The molecule has 0 heterocycles. The van der Waals surface area contributed by atoms with Gasteiger partial charge in [-0.1, -0.05) is 68.9 Å². The standard InChI is InChI=1S/C28H33NO4/c30-27(18-15-20-7-1-2-8-20)29-25(28(31)32)19-21-13-16-23(17-14-21)33-26-12-6-5-11-24(26)22-9-3-4-10-22/h5-6,11-14,16-17,19-20,22H,1-4,7-10,15,18H2,(H,29,30)(H,31,32). The van der Waals surface area contributed by atoms with E-state index in [-0.39, 0.29) is 11.6 Å². The van der Waals surface area contributed by atoms with E-state index in [1.165, 1.54) is 63.0 Å². The van der Waals surface area contributed by atoms with Gasteiger partial charge in [0.05, 0.1) is 0 Å². The zero-order valence-corrected chi connectivity index (χ0v) is 19.1. The first-order valence-electron chi connectivity index (χ1n) is 12.2. The number of amides is 1. The fraction of sp³-hybridized carbons (Fsp3) is 0.429. The Labute approximate surface area is 195 Å². The monoisotopic (exact) mass is 447 g/mol. The van der Waals surface area contributed by atoms with Gasteiger partial charge in [-0.2, -0.15) is 0 Å². The number of carboxylic acids is 1. The molecular weight excluding hydrogens is 414 g/mol. The molecular formula is C28H33NO4. The second-order valence-corrected chi connectivity index (χ2v) is 9.29. The molecule has 2 aromatic carbocycles. The lowest BCUT2D eigenvalue weighted by atomic mass is 9.97. The molecule has 4 rings (SSSR count). The van der Waals surface area contributed by atoms with Crippen LogP contribution in [0.5, 0.6) is 11.5 Å². The highest BCUT2D eigenvalue weighted by Crippen LogP contribution is 2.40. The zero-order chi connectivity index (χ0) is 23.0. The molecule has 5 heteroatoms. The third kappa shape index (κ3) is 6.47. The second kappa shape index (κ2) is 11.2. The summed E-state index contributed by atoms with van der Waals surface area (Å²) in [5.74, 6) is 1.36. The molecule has 2 N–H and O–H groups in total. The number of para-hydroxylation sites is 1. The van der Waals surface area contributed by atoms with Crippen LogP contribution in [0.4, 0.5) is 0 Å². The van der Waals surface area contributed by atoms with Gasteiger partial charge in [0, 0.05) is 6.42 Å². The number of carboxylic acid groups (broad SMARTS) is 1. The molecule has 0 spiro atoms. The molecule has 0 radical (unpaired) electrons. The molecule has 2 aromatic rings. The highest BCUT2D eigenvalue weighted by Gasteiger charge is 2.21. The molecule has 0 aliphatic heterocycles. The molecule has 2 aliphatic rings. The maximum absolute atomic E-state index is 12.3. The van der Waals surface area contributed by atoms with Crippen molar-refractivity contribution in [2.45, 2.75) is 70.1 Å². The number of carbonyl (C=O) groups is 2. The Morgan fingerprint density at radius 3 is 2.30 bits per heavy atom. The van der Waals surface area contributed by atoms with Crippen molar-refractivity contribution in [3.63, 3.8) is 0 Å². The Morgan fingerprint density at radius 1 is 0.939 bits per heavy atom. The number of carbonyl (C=O) groups excluding carboxylic acids is 1. The SMILES string of the molecule is O=C(CCC1CCCC1)NC(=Cc1ccc(Oc2ccccc2C2CCCC2)cc1)C(=O)O. The van der Waals surface area contributed by atoms with Gasteiger partial charge in [-0.25, -0.2) is 4.79 Å². The minimum Gasteiger partial charge on any atom is -0.477 e. The Morgan fingerprint density at radius 2 is 1.61 bits per heavy atom. The van der Waals surface area contributed by atoms with Gasteiger partial charge in [0.15, 0.2) is 0 Å². The average molecular weight is 448 g/mol. The Hall–Kier alpha value is -3.08. The van der Waals surface area contributed by atoms with Crippen molar-refractivity contribution in [3.8, 4) is 11.5 Å². The third-order valence-electron chi connectivity index (χ3n) is 6.89. The van der Waals surface area contributed by atoms with E-state index in [2.05, 4.69) is 17.4 Å². The van der Waals surface area contributed by atoms with Gasteiger partial charge in [0.2, 0.25) is 5.91 Å². The summed E-state index contributed by atoms with van der Waals surface area (Å²) >= 11 is 0. The van der Waals surface area contributed by atoms with Gasteiger partial charge in [-0.05, 0) is 66.5 Å². The molecule has 0 atom stereocenters. The molecule has 2 fully saturated rings. The number of rotatable bonds is 9. The van der Waals surface area contributed by atoms with Gasteiger partial charge >= 0.3 is 5.97 Å². The molecule has 0 bridgehead atoms. The largest absolute Gasteiger partial charge is 0.477 e. The summed E-state index contributed by atoms with van der Waals surface area (Å²) in [6.07, 6.45) is 12.4. The Kier molecular flexibility index (Phi) is 7.82. The first-order valence-corrected chi connectivity index (χ1v) is 12.2. The van der Waals surface area contributed by atoms with Gasteiger partial charge in [-0.3, -0.25) is 4.79 Å². The van der Waals surface area contributed by atoms with Gasteiger partial charge < -0.3 is 15.2 Å². The lowest BCUT2D eigenvalue weighted by Gasteiger charge is -2.16. The number of hydrogen-bond acceptors (Lipinski definition) is 3. The summed E-state index contributed by atoms with van der Waals surface area (Å²) in [7, 11) is 0. The van der Waals surface area contributed by atoms with Crippen LogP contribution in [-0.4, -0.2) is 17.0 Å². The highest BCUT2D eigenvalue weighted by atomic mass is 16.5. The van der Waals surface area contributed by atoms with E-state index in [1.54, 1.807) is 12.1 Å². The van der Waals surface area contributed by atoms with E-state index in [9.17, 15) is 14.7 Å². The number of ether oxygens (including phenoxy) is 1. The predicted octanol–water partition coefficient (Wildman–Crippen LogP) is 6.65. The van der Waals surface area contributed by atoms with E-state index in [1.807, 2.05) is 24.3 Å². The van der Waals surface area contributed by atoms with Crippen LogP contribution < -0.4 is 10.1 Å². The highest BCUT2D eigenvalue weighted by molar-refractivity contribution is 5.96. The fourth-order valence-electron chi connectivity index (χ4n) is 5.07. The van der Waals surface area contributed by atoms with Gasteiger partial charge in [-0.15, -0.1) is 0 Å². The van der Waals surface area contributed by atoms with Crippen molar-refractivity contribution in [1.29, 1.82) is 0 Å². The minimum atomic E-state index is -1.14. The first-order chi connectivity index (χ1) is 16.1. The lowest BCUT2D eigenvalue weighted by molar-refractivity contribution is -0.134. The van der Waals surface area contributed by atoms with Crippen LogP contribution in [0.3, 0.4) is 0 Å². The fourth-order valence-corrected chi connectivity index (χ4v) is 5.07. The van der Waals surface area contributed by atoms with Crippen molar-refractivity contribution >= 4 is 18.0 Å². The van der Waals surface area contributed by atoms with Crippen molar-refractivity contribution in [1.82, 2.24) is 5.32 Å². The summed E-state index contributed by atoms with van der Waals surface area (Å²) in [4.78, 5) is 23.9. The molecule has 2 saturated carbocycles. The van der Waals surface area contributed by atoms with Crippen LogP contribution in [0, 0.1) is 5.92 Å². The van der Waals surface area contributed by atoms with Crippen molar-refractivity contribution in [2.24, 2.45) is 5.92 Å². The molecule has 0 unspecified atom stereocenters. The number of aliphatic carboxylic acids is 1. The van der Waals surface area contributed by atoms with Crippen LogP contribution in [0.15, 0.2) is 54.2 Å². The van der Waals surface area contributed by atoms with Crippen LogP contribution in [0.25, 0.3) is 6.08 Å². The smallest absolute Gasteiger partial charge is 0.352 e. The van der Waals surface area contributed by atoms with E-state index < -0.39 is 5.97 Å². The molecule has 2 aliphatic carbocycles. The average Bonchev–Trinajstić information content (AvgIpc) is 3.53. The molecule has 33 heavy (non-hydrogen) atoms. The topological polar surface area (TPSA) is 75.6 Å². The van der Waals surface area contributed by atoms with Crippen LogP contribution in [-0.2, 0) is 9.59 Å². The summed E-state index contributed by atoms with van der Waals surface area (Å²) in [5, 5.41) is 12.1. The Bertz CT molecular complexity index is 983. The van der Waals surface area contributed by atoms with Crippen LogP contribution in [0.2, 0.25) is 0 Å². The normalized spacial score (nSPS) is 17.3. The number of hydrogen-bond donors (Lipinski definition) is 2. The molecule has 1 amide bonds. The predicted molar refractivity (Wildman–Crippen MR) is 129 cm³/mol. The van der Waals surface area contributed by atoms with Crippen molar-refractivity contribution in [2.75, 3.05) is 0 Å². The molecule has 0 aromatic heterocycles. The van der Waals surface area contributed by atoms with E-state index in [0.717, 1.165) is 12.2 Å². The van der Waals surface area contributed by atoms with Gasteiger partial charge in [0.25, 0.3) is 0 Å². The summed E-state index contributed by atoms with van der Waals surface area (Å²) in [6, 6.07) is 15.5. The molecule has 0 saturated heterocycles. The first kappa shape index (κ1) is 23.1. The maximum Gasteiger partial charge on any atom is 0.352 e. The third-order valence-corrected chi connectivity index (χ3v) is 6.89. The van der Waals surface area contributed by atoms with Gasteiger partial charge in [0.1, 0.15) is 17.2 Å². The molecule has 5 nitrogen and oxygen atoms in total.